The van der Waals surface area contributed by atoms with Crippen molar-refractivity contribution in [1.82, 2.24) is 4.40 Å². The molecule has 0 amide bonds. The zero-order valence-electron chi connectivity index (χ0n) is 32.2. The summed E-state index contributed by atoms with van der Waals surface area (Å²) in [5.41, 5.74) is 18.0. The maximum atomic E-state index is 2.46. The molecule has 0 aliphatic carbocycles. The third-order valence-electron chi connectivity index (χ3n) is 11.4. The number of anilines is 3. The first-order valence-electron chi connectivity index (χ1n) is 20.1. The van der Waals surface area contributed by atoms with E-state index in [0.29, 0.717) is 0 Å². The summed E-state index contributed by atoms with van der Waals surface area (Å²) >= 11 is 1.89. The molecule has 11 rings (SSSR count). The van der Waals surface area contributed by atoms with Gasteiger partial charge in [0.2, 0.25) is 0 Å². The van der Waals surface area contributed by atoms with Crippen LogP contribution in [0.4, 0.5) is 17.1 Å². The van der Waals surface area contributed by atoms with E-state index >= 15 is 0 Å². The molecule has 0 fully saturated rings. The Labute approximate surface area is 348 Å². The lowest BCUT2D eigenvalue weighted by molar-refractivity contribution is 1.28. The summed E-state index contributed by atoms with van der Waals surface area (Å²) in [6.07, 6.45) is 0. The highest BCUT2D eigenvalue weighted by atomic mass is 32.1. The maximum absolute atomic E-state index is 2.46. The van der Waals surface area contributed by atoms with E-state index < -0.39 is 0 Å². The lowest BCUT2D eigenvalue weighted by Crippen LogP contribution is -2.10. The molecule has 11 aromatic rings. The third kappa shape index (κ3) is 6.29. The van der Waals surface area contributed by atoms with Gasteiger partial charge in [0.15, 0.2) is 0 Å². The average Bonchev–Trinajstić information content (AvgIpc) is 3.86. The fourth-order valence-electron chi connectivity index (χ4n) is 8.55. The topological polar surface area (TPSA) is 7.65 Å². The summed E-state index contributed by atoms with van der Waals surface area (Å²) in [7, 11) is 0. The van der Waals surface area contributed by atoms with E-state index in [1.807, 2.05) is 11.3 Å². The molecule has 3 heteroatoms. The molecule has 2 nitrogen and oxygen atoms in total. The van der Waals surface area contributed by atoms with Crippen molar-refractivity contribution in [3.8, 4) is 55.6 Å². The number of hydrogen-bond donors (Lipinski definition) is 0. The summed E-state index contributed by atoms with van der Waals surface area (Å²) in [5, 5.41) is 1.29. The van der Waals surface area contributed by atoms with E-state index in [-0.39, 0.29) is 0 Å². The molecule has 0 saturated carbocycles. The second-order valence-electron chi connectivity index (χ2n) is 14.9. The van der Waals surface area contributed by atoms with E-state index in [1.54, 1.807) is 0 Å². The molecule has 2 heterocycles. The van der Waals surface area contributed by atoms with Crippen LogP contribution in [-0.4, -0.2) is 4.40 Å². The molecule has 0 spiro atoms. The number of hydrogen-bond acceptors (Lipinski definition) is 2. The summed E-state index contributed by atoms with van der Waals surface area (Å²) in [5.74, 6) is 0. The van der Waals surface area contributed by atoms with Crippen molar-refractivity contribution in [2.75, 3.05) is 4.90 Å². The van der Waals surface area contributed by atoms with Crippen LogP contribution in [0.25, 0.3) is 81.6 Å². The van der Waals surface area contributed by atoms with Crippen LogP contribution in [0.3, 0.4) is 0 Å². The Morgan fingerprint density at radius 3 is 1.41 bits per heavy atom. The van der Waals surface area contributed by atoms with Crippen LogP contribution >= 0.6 is 11.3 Å². The summed E-state index contributed by atoms with van der Waals surface area (Å²) in [4.78, 5) is 3.64. The fourth-order valence-corrected chi connectivity index (χ4v) is 9.92. The van der Waals surface area contributed by atoms with Gasteiger partial charge in [0.25, 0.3) is 0 Å². The summed E-state index contributed by atoms with van der Waals surface area (Å²) in [6.45, 7) is 0. The van der Waals surface area contributed by atoms with Gasteiger partial charge in [-0.1, -0.05) is 182 Å². The van der Waals surface area contributed by atoms with Crippen molar-refractivity contribution in [3.05, 3.63) is 231 Å². The molecule has 59 heavy (non-hydrogen) atoms. The minimum absolute atomic E-state index is 1.10. The van der Waals surface area contributed by atoms with Crippen LogP contribution in [0.2, 0.25) is 0 Å². The number of benzene rings is 9. The first-order valence-corrected chi connectivity index (χ1v) is 20.9. The van der Waals surface area contributed by atoms with Crippen molar-refractivity contribution in [2.24, 2.45) is 0 Å². The highest BCUT2D eigenvalue weighted by Crippen LogP contribution is 2.45. The van der Waals surface area contributed by atoms with Crippen LogP contribution in [-0.2, 0) is 0 Å². The predicted molar refractivity (Wildman–Crippen MR) is 252 cm³/mol. The summed E-state index contributed by atoms with van der Waals surface area (Å²) in [6, 6.07) is 83.3. The Bertz CT molecular complexity index is 3140. The molecular weight excluding hydrogens is 733 g/mol. The predicted octanol–water partition coefficient (Wildman–Crippen LogP) is 16.1. The molecule has 0 aliphatic heterocycles. The van der Waals surface area contributed by atoms with E-state index in [1.165, 1.54) is 81.6 Å². The molecule has 0 radical (unpaired) electrons. The lowest BCUT2D eigenvalue weighted by atomic mass is 9.99. The molecule has 0 N–H and O–H groups in total. The van der Waals surface area contributed by atoms with Crippen molar-refractivity contribution in [1.29, 1.82) is 0 Å². The zero-order valence-corrected chi connectivity index (χ0v) is 33.1. The van der Waals surface area contributed by atoms with Crippen molar-refractivity contribution in [3.63, 3.8) is 0 Å². The molecular formula is C56H38N2S. The molecule has 2 aromatic heterocycles. The Morgan fingerprint density at radius 1 is 0.322 bits per heavy atom. The monoisotopic (exact) mass is 770 g/mol. The lowest BCUT2D eigenvalue weighted by Gasteiger charge is -2.26. The zero-order chi connectivity index (χ0) is 39.1. The normalized spacial score (nSPS) is 11.4. The third-order valence-corrected chi connectivity index (χ3v) is 12.6. The molecule has 0 unspecified atom stereocenters. The summed E-state index contributed by atoms with van der Waals surface area (Å²) < 4.78 is 3.75. The molecule has 9 aromatic carbocycles. The fraction of sp³-hybridized carbons (Fsp3) is 0. The largest absolute Gasteiger partial charge is 0.310 e. The number of aromatic nitrogens is 1. The first-order chi connectivity index (χ1) is 29.3. The SMILES string of the molecule is c1ccc(-c2ccc(N(c3ccc(-c4ccccc4)cc3)c3cccc(-c4ccc(-c5cccc6c5sc5c(-c7ccccc7)c7ccccc7n56)cc4)c3)cc2)cc1. The molecule has 0 bridgehead atoms. The number of fused-ring (bicyclic) bond motifs is 5. The highest BCUT2D eigenvalue weighted by molar-refractivity contribution is 7.25. The Kier molecular flexibility index (Phi) is 8.72. The van der Waals surface area contributed by atoms with Gasteiger partial charge in [0.05, 0.1) is 15.7 Å². The van der Waals surface area contributed by atoms with E-state index in [2.05, 4.69) is 240 Å². The Hall–Kier alpha value is -7.46. The van der Waals surface area contributed by atoms with Crippen LogP contribution < -0.4 is 4.90 Å². The van der Waals surface area contributed by atoms with Gasteiger partial charge in [-0.15, -0.1) is 11.3 Å². The smallest absolute Gasteiger partial charge is 0.109 e. The highest BCUT2D eigenvalue weighted by Gasteiger charge is 2.20. The van der Waals surface area contributed by atoms with Crippen LogP contribution in [0.15, 0.2) is 231 Å². The van der Waals surface area contributed by atoms with Crippen molar-refractivity contribution >= 4 is 54.3 Å². The van der Waals surface area contributed by atoms with Gasteiger partial charge in [0.1, 0.15) is 4.83 Å². The van der Waals surface area contributed by atoms with Gasteiger partial charge in [-0.05, 0) is 93.0 Å². The Balaban J connectivity index is 0.964. The second-order valence-corrected chi connectivity index (χ2v) is 15.9. The Morgan fingerprint density at radius 2 is 0.780 bits per heavy atom. The average molecular weight is 771 g/mol. The second kappa shape index (κ2) is 14.8. The van der Waals surface area contributed by atoms with E-state index in [9.17, 15) is 0 Å². The van der Waals surface area contributed by atoms with Crippen LogP contribution in [0, 0.1) is 0 Å². The minimum Gasteiger partial charge on any atom is -0.310 e. The molecule has 0 atom stereocenters. The standard InChI is InChI=1S/C56H38N2S/c1-4-14-39(15-5-1)41-30-34-47(35-31-41)57(48-36-32-42(33-37-48)40-16-6-2-7-17-40)49-21-12-20-46(38-49)43-26-28-44(29-27-43)50-23-13-25-53-55(50)59-56-54(45-18-8-3-9-19-45)51-22-10-11-24-52(51)58(53)56/h1-38H. The number of para-hydroxylation sites is 1. The number of nitrogens with zero attached hydrogens (tertiary/aromatic N) is 2. The first kappa shape index (κ1) is 34.8. The van der Waals surface area contributed by atoms with Gasteiger partial charge in [-0.25, -0.2) is 0 Å². The van der Waals surface area contributed by atoms with Gasteiger partial charge >= 0.3 is 0 Å². The van der Waals surface area contributed by atoms with Gasteiger partial charge in [-0.2, -0.15) is 0 Å². The van der Waals surface area contributed by atoms with E-state index in [4.69, 9.17) is 0 Å². The van der Waals surface area contributed by atoms with Gasteiger partial charge in [-0.3, -0.25) is 4.40 Å². The molecule has 0 saturated heterocycles. The molecule has 0 aliphatic rings. The van der Waals surface area contributed by atoms with Gasteiger partial charge in [0, 0.05) is 33.6 Å². The minimum atomic E-state index is 1.10. The maximum Gasteiger partial charge on any atom is 0.109 e. The number of thiazole rings is 1. The van der Waals surface area contributed by atoms with Crippen LogP contribution in [0.5, 0.6) is 0 Å². The molecule has 278 valence electrons. The van der Waals surface area contributed by atoms with E-state index in [0.717, 1.165) is 17.1 Å². The van der Waals surface area contributed by atoms with Crippen LogP contribution in [0.1, 0.15) is 0 Å². The van der Waals surface area contributed by atoms with Crippen molar-refractivity contribution in [2.45, 2.75) is 0 Å². The quantitative estimate of drug-likeness (QED) is 0.149. The van der Waals surface area contributed by atoms with Gasteiger partial charge < -0.3 is 4.90 Å². The van der Waals surface area contributed by atoms with Crippen molar-refractivity contribution < 1.29 is 0 Å². The number of rotatable bonds is 8.